The van der Waals surface area contributed by atoms with Crippen molar-refractivity contribution in [3.05, 3.63) is 57.0 Å². The van der Waals surface area contributed by atoms with Crippen LogP contribution in [-0.4, -0.2) is 83.3 Å². The van der Waals surface area contributed by atoms with Crippen LogP contribution in [0.5, 0.6) is 0 Å². The molecule has 1 aromatic carbocycles. The van der Waals surface area contributed by atoms with E-state index < -0.39 is 5.97 Å². The number of hydrogen-bond acceptors (Lipinski definition) is 8. The van der Waals surface area contributed by atoms with Crippen LogP contribution in [0.1, 0.15) is 17.0 Å². The molecule has 0 spiro atoms. The number of nitrogens with zero attached hydrogens (tertiary/aromatic N) is 5. The number of anilines is 1. The van der Waals surface area contributed by atoms with Crippen molar-refractivity contribution in [2.75, 3.05) is 51.9 Å². The van der Waals surface area contributed by atoms with Gasteiger partial charge in [0.05, 0.1) is 30.9 Å². The lowest BCUT2D eigenvalue weighted by molar-refractivity contribution is -0.384. The van der Waals surface area contributed by atoms with Gasteiger partial charge in [0.1, 0.15) is 17.9 Å². The first kappa shape index (κ1) is 25.3. The number of thiocarbonyl (C=S) groups is 1. The summed E-state index contributed by atoms with van der Waals surface area (Å²) in [6, 6.07) is 7.06. The number of hydrogen-bond donors (Lipinski definition) is 0. The summed E-state index contributed by atoms with van der Waals surface area (Å²) in [4.78, 5) is 41.0. The highest BCUT2D eigenvalue weighted by atomic mass is 32.1. The number of aryl methyl sites for hydroxylation is 1. The number of carbonyl (C=O) groups is 2. The quantitative estimate of drug-likeness (QED) is 0.189. The van der Waals surface area contributed by atoms with E-state index in [0.29, 0.717) is 37.7 Å². The molecule has 0 atom stereocenters. The van der Waals surface area contributed by atoms with Crippen molar-refractivity contribution in [3.8, 4) is 5.69 Å². The molecule has 12 heteroatoms. The van der Waals surface area contributed by atoms with Gasteiger partial charge < -0.3 is 23.8 Å². The van der Waals surface area contributed by atoms with Gasteiger partial charge in [0.25, 0.3) is 11.6 Å². The van der Waals surface area contributed by atoms with Crippen molar-refractivity contribution < 1.29 is 24.0 Å². The van der Waals surface area contributed by atoms with Gasteiger partial charge in [-0.25, -0.2) is 0 Å². The fourth-order valence-corrected chi connectivity index (χ4v) is 4.74. The summed E-state index contributed by atoms with van der Waals surface area (Å²) < 4.78 is 12.0. The van der Waals surface area contributed by atoms with E-state index in [1.807, 2.05) is 35.4 Å². The lowest BCUT2D eigenvalue weighted by Gasteiger charge is -2.28. The predicted molar refractivity (Wildman–Crippen MR) is 137 cm³/mol. The molecule has 2 aliphatic rings. The summed E-state index contributed by atoms with van der Waals surface area (Å²) in [6.07, 6.45) is 1.68. The average molecular weight is 514 g/mol. The lowest BCUT2D eigenvalue weighted by Crippen LogP contribution is -2.36. The first-order valence-electron chi connectivity index (χ1n) is 11.3. The van der Waals surface area contributed by atoms with Gasteiger partial charge in [0, 0.05) is 37.6 Å². The van der Waals surface area contributed by atoms with E-state index in [1.54, 1.807) is 25.3 Å². The van der Waals surface area contributed by atoms with Crippen LogP contribution in [0.4, 0.5) is 11.4 Å². The van der Waals surface area contributed by atoms with Gasteiger partial charge in [-0.2, -0.15) is 0 Å². The van der Waals surface area contributed by atoms with E-state index in [0.717, 1.165) is 17.0 Å². The molecule has 0 radical (unpaired) electrons. The summed E-state index contributed by atoms with van der Waals surface area (Å²) in [5.74, 6) is -0.858. The Morgan fingerprint density at radius 3 is 2.58 bits per heavy atom. The molecule has 190 valence electrons. The van der Waals surface area contributed by atoms with Gasteiger partial charge in [-0.1, -0.05) is 0 Å². The Balaban J connectivity index is 1.74. The predicted octanol–water partition coefficient (Wildman–Crippen LogP) is 2.41. The molecule has 1 amide bonds. The maximum absolute atomic E-state index is 12.9. The zero-order valence-electron chi connectivity index (χ0n) is 20.5. The number of benzene rings is 1. The summed E-state index contributed by atoms with van der Waals surface area (Å²) in [5.41, 5.74) is 3.79. The van der Waals surface area contributed by atoms with Crippen molar-refractivity contribution in [1.82, 2.24) is 14.4 Å². The second-order valence-electron chi connectivity index (χ2n) is 8.53. The van der Waals surface area contributed by atoms with Gasteiger partial charge in [-0.05, 0) is 55.9 Å². The van der Waals surface area contributed by atoms with Crippen LogP contribution in [0.25, 0.3) is 11.8 Å². The molecular formula is C24H27N5O6S. The van der Waals surface area contributed by atoms with Crippen LogP contribution >= 0.6 is 12.2 Å². The van der Waals surface area contributed by atoms with E-state index in [4.69, 9.17) is 21.7 Å². The number of nitro benzene ring substituents is 1. The molecule has 0 saturated carbocycles. The van der Waals surface area contributed by atoms with E-state index in [2.05, 4.69) is 0 Å². The molecule has 2 aliphatic heterocycles. The van der Waals surface area contributed by atoms with Crippen molar-refractivity contribution in [3.63, 3.8) is 0 Å². The van der Waals surface area contributed by atoms with E-state index >= 15 is 0 Å². The zero-order chi connectivity index (χ0) is 26.1. The molecular weight excluding hydrogens is 486 g/mol. The van der Waals surface area contributed by atoms with Crippen LogP contribution in [0, 0.1) is 24.0 Å². The smallest absolute Gasteiger partial charge is 0.325 e. The van der Waals surface area contributed by atoms with Crippen molar-refractivity contribution in [1.29, 1.82) is 0 Å². The Morgan fingerprint density at radius 1 is 1.25 bits per heavy atom. The van der Waals surface area contributed by atoms with Crippen molar-refractivity contribution >= 4 is 46.7 Å². The summed E-state index contributed by atoms with van der Waals surface area (Å²) >= 11 is 5.35. The average Bonchev–Trinajstić information content (AvgIpc) is 3.26. The molecule has 0 aliphatic carbocycles. The topological polar surface area (TPSA) is 110 Å². The van der Waals surface area contributed by atoms with Gasteiger partial charge in [-0.15, -0.1) is 0 Å². The Kier molecular flexibility index (Phi) is 7.09. The molecule has 2 aromatic rings. The molecule has 0 unspecified atom stereocenters. The molecule has 4 rings (SSSR count). The fraction of sp³-hybridized carbons (Fsp3) is 0.375. The third-order valence-electron chi connectivity index (χ3n) is 6.38. The molecule has 3 heterocycles. The summed E-state index contributed by atoms with van der Waals surface area (Å²) in [5, 5.41) is 12.1. The Morgan fingerprint density at radius 2 is 1.94 bits per heavy atom. The number of aromatic nitrogens is 1. The SMILES string of the molecule is COC(=O)CN1C(=S)N(C)C(=O)/C1=C/c1cc(C)n(-c2ccc(N3CCOCC3)c([N+](=O)[O-])c2)c1C. The van der Waals surface area contributed by atoms with Crippen LogP contribution in [-0.2, 0) is 19.1 Å². The van der Waals surface area contributed by atoms with Crippen LogP contribution < -0.4 is 4.90 Å². The highest BCUT2D eigenvalue weighted by Crippen LogP contribution is 2.33. The summed E-state index contributed by atoms with van der Waals surface area (Å²) in [6.45, 7) is 5.79. The molecule has 0 bridgehead atoms. The van der Waals surface area contributed by atoms with Crippen LogP contribution in [0.2, 0.25) is 0 Å². The van der Waals surface area contributed by atoms with E-state index in [1.165, 1.54) is 16.9 Å². The number of nitro groups is 1. The first-order valence-corrected chi connectivity index (χ1v) is 11.7. The normalized spacial score (nSPS) is 17.3. The second-order valence-corrected chi connectivity index (χ2v) is 8.90. The minimum absolute atomic E-state index is 0.0176. The fourth-order valence-electron chi connectivity index (χ4n) is 4.49. The summed E-state index contributed by atoms with van der Waals surface area (Å²) in [7, 11) is 2.82. The Labute approximate surface area is 213 Å². The Bertz CT molecular complexity index is 1280. The monoisotopic (exact) mass is 513 g/mol. The van der Waals surface area contributed by atoms with Gasteiger partial charge in [0.15, 0.2) is 5.11 Å². The minimum atomic E-state index is -0.524. The highest BCUT2D eigenvalue weighted by molar-refractivity contribution is 7.80. The number of amides is 1. The maximum Gasteiger partial charge on any atom is 0.325 e. The second kappa shape index (κ2) is 10.1. The molecule has 11 nitrogen and oxygen atoms in total. The van der Waals surface area contributed by atoms with E-state index in [-0.39, 0.29) is 33.9 Å². The molecule has 1 aromatic heterocycles. The third kappa shape index (κ3) is 4.56. The minimum Gasteiger partial charge on any atom is -0.468 e. The number of rotatable bonds is 6. The molecule has 2 fully saturated rings. The van der Waals surface area contributed by atoms with Crippen molar-refractivity contribution in [2.24, 2.45) is 0 Å². The Hall–Kier alpha value is -3.77. The number of methoxy groups -OCH3 is 1. The van der Waals surface area contributed by atoms with E-state index in [9.17, 15) is 19.7 Å². The largest absolute Gasteiger partial charge is 0.468 e. The van der Waals surface area contributed by atoms with Crippen LogP contribution in [0.3, 0.4) is 0 Å². The van der Waals surface area contributed by atoms with Gasteiger partial charge >= 0.3 is 5.97 Å². The number of morpholine rings is 1. The zero-order valence-corrected chi connectivity index (χ0v) is 21.3. The highest BCUT2D eigenvalue weighted by Gasteiger charge is 2.37. The number of carbonyl (C=O) groups excluding carboxylic acids is 2. The molecule has 2 saturated heterocycles. The van der Waals surface area contributed by atoms with Crippen LogP contribution in [0.15, 0.2) is 30.0 Å². The standard InChI is InChI=1S/C24H27N5O6S/c1-15-11-17(12-21-23(31)25(3)24(36)27(21)14-22(30)34-4)16(2)28(15)18-5-6-19(20(13-18)29(32)33)26-7-9-35-10-8-26/h5-6,11-13H,7-10,14H2,1-4H3/b21-12-. The number of esters is 1. The van der Waals surface area contributed by atoms with Crippen molar-refractivity contribution in [2.45, 2.75) is 13.8 Å². The molecule has 0 N–H and O–H groups in total. The van der Waals surface area contributed by atoms with Gasteiger partial charge in [0.2, 0.25) is 0 Å². The first-order chi connectivity index (χ1) is 17.1. The number of likely N-dealkylation sites (N-methyl/N-ethyl adjacent to an activating group) is 1. The number of ether oxygens (including phenoxy) is 2. The third-order valence-corrected chi connectivity index (χ3v) is 6.87. The lowest BCUT2D eigenvalue weighted by atomic mass is 10.2. The maximum atomic E-state index is 12.9. The van der Waals surface area contributed by atoms with Gasteiger partial charge in [-0.3, -0.25) is 24.6 Å². The molecule has 36 heavy (non-hydrogen) atoms.